The van der Waals surface area contributed by atoms with Gasteiger partial charge in [-0.3, -0.25) is 4.99 Å². The molecular formula is C29H38ClNO2. The molecular weight excluding hydrogens is 430 g/mol. The summed E-state index contributed by atoms with van der Waals surface area (Å²) in [6, 6.07) is 7.91. The molecule has 0 radical (unpaired) electrons. The van der Waals surface area contributed by atoms with E-state index in [9.17, 15) is 5.11 Å². The highest BCUT2D eigenvalue weighted by molar-refractivity contribution is 6.30. The molecule has 1 aromatic rings. The maximum absolute atomic E-state index is 10.3. The lowest BCUT2D eigenvalue weighted by Gasteiger charge is -2.58. The van der Waals surface area contributed by atoms with Gasteiger partial charge in [-0.15, -0.1) is 0 Å². The van der Waals surface area contributed by atoms with E-state index in [0.29, 0.717) is 16.7 Å². The molecule has 0 unspecified atom stereocenters. The minimum Gasteiger partial charge on any atom is -0.474 e. The van der Waals surface area contributed by atoms with Crippen LogP contribution >= 0.6 is 11.6 Å². The molecule has 4 heteroatoms. The average Bonchev–Trinajstić information content (AvgIpc) is 3.17. The van der Waals surface area contributed by atoms with E-state index in [1.807, 2.05) is 24.3 Å². The fourth-order valence-corrected chi connectivity index (χ4v) is 8.99. The second kappa shape index (κ2) is 8.12. The second-order valence-corrected chi connectivity index (χ2v) is 12.5. The van der Waals surface area contributed by atoms with Crippen LogP contribution in [-0.4, -0.2) is 29.8 Å². The number of aliphatic hydroxyl groups is 1. The standard InChI is InChI=1S/C29H38ClNO2/c1-28-14-11-21(32)17-19(28)5-8-22-23-9-10-25(29(23,2)15-12-24(22)28)26-13-16-31-27(33-26)18-3-6-20(30)7-4-18/h3-7,21-26,32H,8-17H2,1-2H3/t21-,22-,23-,24-,25+,26+,28-,29-/m0/s1. The average molecular weight is 468 g/mol. The number of benzene rings is 1. The Morgan fingerprint density at radius 2 is 1.76 bits per heavy atom. The number of nitrogens with zero attached hydrogens (tertiary/aromatic N) is 1. The van der Waals surface area contributed by atoms with Crippen molar-refractivity contribution in [3.63, 3.8) is 0 Å². The number of hydrogen-bond donors (Lipinski definition) is 1. The Morgan fingerprint density at radius 1 is 0.970 bits per heavy atom. The maximum Gasteiger partial charge on any atom is 0.216 e. The topological polar surface area (TPSA) is 41.8 Å². The zero-order valence-electron chi connectivity index (χ0n) is 20.1. The van der Waals surface area contributed by atoms with E-state index in [2.05, 4.69) is 19.9 Å². The Bertz CT molecular complexity index is 970. The van der Waals surface area contributed by atoms with Crippen molar-refractivity contribution in [3.8, 4) is 0 Å². The van der Waals surface area contributed by atoms with Gasteiger partial charge in [-0.25, -0.2) is 0 Å². The number of aliphatic imine (C=N–C) groups is 1. The summed E-state index contributed by atoms with van der Waals surface area (Å²) in [5.74, 6) is 3.81. The minimum absolute atomic E-state index is 0.120. The first-order valence-electron chi connectivity index (χ1n) is 13.2. The molecule has 0 spiro atoms. The van der Waals surface area contributed by atoms with Crippen LogP contribution < -0.4 is 0 Å². The first kappa shape index (κ1) is 22.2. The van der Waals surface area contributed by atoms with Crippen LogP contribution in [0, 0.1) is 34.5 Å². The van der Waals surface area contributed by atoms with Gasteiger partial charge in [0.1, 0.15) is 6.10 Å². The number of allylic oxidation sites excluding steroid dienone is 1. The summed E-state index contributed by atoms with van der Waals surface area (Å²) in [5, 5.41) is 11.0. The lowest BCUT2D eigenvalue weighted by Crippen LogP contribution is -2.51. The van der Waals surface area contributed by atoms with Crippen molar-refractivity contribution in [1.29, 1.82) is 0 Å². The highest BCUT2D eigenvalue weighted by atomic mass is 35.5. The van der Waals surface area contributed by atoms with Gasteiger partial charge >= 0.3 is 0 Å². The quantitative estimate of drug-likeness (QED) is 0.485. The van der Waals surface area contributed by atoms with E-state index >= 15 is 0 Å². The van der Waals surface area contributed by atoms with E-state index in [0.717, 1.165) is 60.0 Å². The highest BCUT2D eigenvalue weighted by Crippen LogP contribution is 2.67. The van der Waals surface area contributed by atoms with Gasteiger partial charge in [0.15, 0.2) is 0 Å². The fraction of sp³-hybridized carbons (Fsp3) is 0.690. The van der Waals surface area contributed by atoms with Crippen molar-refractivity contribution in [1.82, 2.24) is 0 Å². The maximum atomic E-state index is 10.3. The summed E-state index contributed by atoms with van der Waals surface area (Å²) < 4.78 is 6.63. The lowest BCUT2D eigenvalue weighted by atomic mass is 9.47. The molecule has 8 atom stereocenters. The molecule has 4 aliphatic carbocycles. The molecule has 1 aliphatic heterocycles. The SMILES string of the molecule is C[C@]12CC[C@H]3[C@@H](CC=C4C[C@@H](O)CC[C@@]43C)[C@@H]1CC[C@@H]2[C@H]1CCN=C(c2ccc(Cl)cc2)O1. The molecule has 178 valence electrons. The van der Waals surface area contributed by atoms with Crippen LogP contribution in [0.5, 0.6) is 0 Å². The van der Waals surface area contributed by atoms with Gasteiger partial charge < -0.3 is 9.84 Å². The predicted octanol–water partition coefficient (Wildman–Crippen LogP) is 6.82. The first-order chi connectivity index (χ1) is 15.9. The first-order valence-corrected chi connectivity index (χ1v) is 13.6. The zero-order chi connectivity index (χ0) is 22.8. The molecule has 3 nitrogen and oxygen atoms in total. The normalized spacial score (nSPS) is 44.6. The van der Waals surface area contributed by atoms with Crippen molar-refractivity contribution < 1.29 is 9.84 Å². The number of halogens is 1. The van der Waals surface area contributed by atoms with Crippen LogP contribution in [0.2, 0.25) is 5.02 Å². The van der Waals surface area contributed by atoms with Crippen LogP contribution in [0.4, 0.5) is 0 Å². The number of fused-ring (bicyclic) bond motifs is 5. The van der Waals surface area contributed by atoms with Crippen LogP contribution in [-0.2, 0) is 4.74 Å². The van der Waals surface area contributed by atoms with Gasteiger partial charge in [0.2, 0.25) is 5.90 Å². The molecule has 3 fully saturated rings. The summed E-state index contributed by atoms with van der Waals surface area (Å²) in [7, 11) is 0. The zero-order valence-corrected chi connectivity index (χ0v) is 20.9. The van der Waals surface area contributed by atoms with E-state index in [1.165, 1.54) is 38.5 Å². The lowest BCUT2D eigenvalue weighted by molar-refractivity contribution is -0.0698. The number of aliphatic hydroxyl groups excluding tert-OH is 1. The van der Waals surface area contributed by atoms with Crippen LogP contribution in [0.25, 0.3) is 0 Å². The van der Waals surface area contributed by atoms with E-state index in [4.69, 9.17) is 21.3 Å². The number of ether oxygens (including phenoxy) is 1. The summed E-state index contributed by atoms with van der Waals surface area (Å²) in [6.45, 7) is 5.98. The van der Waals surface area contributed by atoms with Crippen molar-refractivity contribution in [2.75, 3.05) is 6.54 Å². The molecule has 5 aliphatic rings. The third-order valence-corrected chi connectivity index (χ3v) is 10.9. The summed E-state index contributed by atoms with van der Waals surface area (Å²) in [4.78, 5) is 4.73. The Morgan fingerprint density at radius 3 is 2.58 bits per heavy atom. The Balaban J connectivity index is 1.22. The summed E-state index contributed by atoms with van der Waals surface area (Å²) in [5.41, 5.74) is 3.30. The van der Waals surface area contributed by atoms with Crippen molar-refractivity contribution in [3.05, 3.63) is 46.5 Å². The van der Waals surface area contributed by atoms with Gasteiger partial charge in [-0.05, 0) is 104 Å². The molecule has 6 rings (SSSR count). The van der Waals surface area contributed by atoms with Gasteiger partial charge in [0.25, 0.3) is 0 Å². The van der Waals surface area contributed by atoms with Crippen molar-refractivity contribution in [2.24, 2.45) is 39.5 Å². The molecule has 33 heavy (non-hydrogen) atoms. The molecule has 0 aromatic heterocycles. The molecule has 1 N–H and O–H groups in total. The molecule has 0 amide bonds. The molecule has 0 saturated heterocycles. The van der Waals surface area contributed by atoms with Gasteiger partial charge in [0.05, 0.1) is 6.10 Å². The van der Waals surface area contributed by atoms with Crippen LogP contribution in [0.3, 0.4) is 0 Å². The van der Waals surface area contributed by atoms with E-state index < -0.39 is 0 Å². The minimum atomic E-state index is -0.120. The number of rotatable bonds is 2. The van der Waals surface area contributed by atoms with Crippen molar-refractivity contribution in [2.45, 2.75) is 83.8 Å². The third-order valence-electron chi connectivity index (χ3n) is 10.6. The summed E-state index contributed by atoms with van der Waals surface area (Å²) >= 11 is 6.10. The molecule has 1 heterocycles. The Labute approximate surface area is 203 Å². The Hall–Kier alpha value is -1.32. The van der Waals surface area contributed by atoms with E-state index in [-0.39, 0.29) is 12.2 Å². The molecule has 0 bridgehead atoms. The van der Waals surface area contributed by atoms with Crippen LogP contribution in [0.15, 0.2) is 40.9 Å². The number of hydrogen-bond acceptors (Lipinski definition) is 3. The highest BCUT2D eigenvalue weighted by Gasteiger charge is 2.60. The monoisotopic (exact) mass is 467 g/mol. The van der Waals surface area contributed by atoms with Gasteiger partial charge in [0, 0.05) is 29.5 Å². The second-order valence-electron chi connectivity index (χ2n) is 12.0. The fourth-order valence-electron chi connectivity index (χ4n) is 8.86. The van der Waals surface area contributed by atoms with E-state index in [1.54, 1.807) is 5.57 Å². The van der Waals surface area contributed by atoms with Crippen molar-refractivity contribution >= 4 is 17.5 Å². The predicted molar refractivity (Wildman–Crippen MR) is 134 cm³/mol. The Kier molecular flexibility index (Phi) is 5.46. The van der Waals surface area contributed by atoms with Gasteiger partial charge in [-0.1, -0.05) is 37.1 Å². The molecule has 3 saturated carbocycles. The largest absolute Gasteiger partial charge is 0.474 e. The third kappa shape index (κ3) is 3.52. The molecule has 1 aromatic carbocycles. The smallest absolute Gasteiger partial charge is 0.216 e. The summed E-state index contributed by atoms with van der Waals surface area (Å²) in [6.07, 6.45) is 13.3. The van der Waals surface area contributed by atoms with Gasteiger partial charge in [-0.2, -0.15) is 0 Å². The van der Waals surface area contributed by atoms with Crippen LogP contribution in [0.1, 0.15) is 77.2 Å².